The Balaban J connectivity index is 1.98. The molecule has 1 aliphatic rings. The van der Waals surface area contributed by atoms with Crippen molar-refractivity contribution in [1.29, 1.82) is 5.26 Å². The summed E-state index contributed by atoms with van der Waals surface area (Å²) in [6.45, 7) is 1.54. The summed E-state index contributed by atoms with van der Waals surface area (Å²) in [5.74, 6) is -1.30. The summed E-state index contributed by atoms with van der Waals surface area (Å²) in [6, 6.07) is 11.3. The number of benzene rings is 1. The highest BCUT2D eigenvalue weighted by molar-refractivity contribution is 6.19. The summed E-state index contributed by atoms with van der Waals surface area (Å²) >= 11 is 0. The maximum Gasteiger partial charge on any atom is 0.335 e. The topological polar surface area (TPSA) is 112 Å². The van der Waals surface area contributed by atoms with Gasteiger partial charge in [0.25, 0.3) is 11.8 Å². The van der Waals surface area contributed by atoms with Gasteiger partial charge in [-0.3, -0.25) is 14.5 Å². The Morgan fingerprint density at radius 3 is 2.41 bits per heavy atom. The fourth-order valence-corrected chi connectivity index (χ4v) is 2.70. The molecule has 134 valence electrons. The molecule has 7 nitrogen and oxygen atoms in total. The fourth-order valence-electron chi connectivity index (χ4n) is 2.70. The van der Waals surface area contributed by atoms with Gasteiger partial charge in [0.1, 0.15) is 23.2 Å². The van der Waals surface area contributed by atoms with Crippen LogP contribution >= 0.6 is 0 Å². The number of carbonyl (C=O) groups excluding carboxylic acids is 2. The van der Waals surface area contributed by atoms with E-state index in [4.69, 9.17) is 9.52 Å². The molecular formula is C20H14N2O5. The lowest BCUT2D eigenvalue weighted by Gasteiger charge is -2.23. The lowest BCUT2D eigenvalue weighted by molar-refractivity contribution is -0.138. The normalized spacial score (nSPS) is 16.0. The molecule has 27 heavy (non-hydrogen) atoms. The van der Waals surface area contributed by atoms with E-state index in [9.17, 15) is 19.6 Å². The summed E-state index contributed by atoms with van der Waals surface area (Å²) in [6.07, 6.45) is 1.48. The second kappa shape index (κ2) is 6.77. The van der Waals surface area contributed by atoms with Gasteiger partial charge in [-0.15, -0.1) is 0 Å². The number of nitriles is 1. The quantitative estimate of drug-likeness (QED) is 0.664. The number of rotatable bonds is 3. The van der Waals surface area contributed by atoms with Gasteiger partial charge in [-0.05, 0) is 42.8 Å². The largest absolute Gasteiger partial charge is 0.478 e. The smallest absolute Gasteiger partial charge is 0.335 e. The Bertz CT molecular complexity index is 1060. The van der Waals surface area contributed by atoms with Crippen molar-refractivity contribution in [3.8, 4) is 17.4 Å². The van der Waals surface area contributed by atoms with E-state index in [0.29, 0.717) is 22.7 Å². The van der Waals surface area contributed by atoms with Crippen molar-refractivity contribution >= 4 is 23.9 Å². The van der Waals surface area contributed by atoms with E-state index in [0.717, 1.165) is 4.90 Å². The van der Waals surface area contributed by atoms with Crippen molar-refractivity contribution in [2.75, 3.05) is 7.05 Å². The minimum absolute atomic E-state index is 0.0839. The molecule has 7 heteroatoms. The Morgan fingerprint density at radius 2 is 1.81 bits per heavy atom. The number of hydrogen-bond donors (Lipinski definition) is 1. The first-order valence-corrected chi connectivity index (χ1v) is 7.92. The van der Waals surface area contributed by atoms with E-state index in [-0.39, 0.29) is 16.7 Å². The highest BCUT2D eigenvalue weighted by Crippen LogP contribution is 2.28. The van der Waals surface area contributed by atoms with Crippen molar-refractivity contribution in [2.24, 2.45) is 0 Å². The van der Waals surface area contributed by atoms with E-state index >= 15 is 0 Å². The molecule has 0 saturated heterocycles. The Hall–Kier alpha value is -3.92. The molecule has 2 amide bonds. The number of hydrogen-bond acceptors (Lipinski definition) is 5. The Kier molecular flexibility index (Phi) is 4.48. The molecule has 1 aromatic carbocycles. The second-order valence-corrected chi connectivity index (χ2v) is 5.92. The van der Waals surface area contributed by atoms with Gasteiger partial charge in [0, 0.05) is 18.2 Å². The number of likely N-dealkylation sites (N-methyl/N-ethyl adjacent to an activating group) is 1. The molecular weight excluding hydrogens is 348 g/mol. The van der Waals surface area contributed by atoms with Gasteiger partial charge >= 0.3 is 5.97 Å². The van der Waals surface area contributed by atoms with Crippen molar-refractivity contribution in [1.82, 2.24) is 4.90 Å². The number of carboxylic acid groups (broad SMARTS) is 1. The fraction of sp³-hybridized carbons (Fsp3) is 0.100. The van der Waals surface area contributed by atoms with Crippen LogP contribution in [0.15, 0.2) is 57.5 Å². The SMILES string of the molecule is CC1=C(C#N)C(=O)N(C)C(=O)/C1=C/c1ccc(-c2ccc(C(=O)O)cc2)o1. The first kappa shape index (κ1) is 17.9. The molecule has 0 bridgehead atoms. The molecule has 2 heterocycles. The van der Waals surface area contributed by atoms with Gasteiger partial charge in [0.2, 0.25) is 0 Å². The molecule has 1 aromatic heterocycles. The van der Waals surface area contributed by atoms with Crippen LogP contribution in [-0.4, -0.2) is 34.8 Å². The predicted octanol–water partition coefficient (Wildman–Crippen LogP) is 2.87. The van der Waals surface area contributed by atoms with Gasteiger partial charge in [0.05, 0.1) is 5.56 Å². The maximum absolute atomic E-state index is 12.4. The van der Waals surface area contributed by atoms with Crippen molar-refractivity contribution in [3.63, 3.8) is 0 Å². The van der Waals surface area contributed by atoms with Crippen LogP contribution in [0.4, 0.5) is 0 Å². The third kappa shape index (κ3) is 3.16. The van der Waals surface area contributed by atoms with Crippen LogP contribution in [0.1, 0.15) is 23.0 Å². The van der Waals surface area contributed by atoms with E-state index in [1.54, 1.807) is 31.2 Å². The number of nitrogens with zero attached hydrogens (tertiary/aromatic N) is 2. The van der Waals surface area contributed by atoms with Gasteiger partial charge in [-0.1, -0.05) is 12.1 Å². The highest BCUT2D eigenvalue weighted by atomic mass is 16.4. The van der Waals surface area contributed by atoms with Crippen LogP contribution in [0.25, 0.3) is 17.4 Å². The molecule has 0 saturated carbocycles. The summed E-state index contributed by atoms with van der Waals surface area (Å²) in [5, 5.41) is 18.1. The first-order chi connectivity index (χ1) is 12.8. The molecule has 2 aromatic rings. The van der Waals surface area contributed by atoms with Crippen LogP contribution in [0.5, 0.6) is 0 Å². The van der Waals surface area contributed by atoms with E-state index < -0.39 is 17.8 Å². The Morgan fingerprint density at radius 1 is 1.15 bits per heavy atom. The van der Waals surface area contributed by atoms with Crippen molar-refractivity contribution < 1.29 is 23.9 Å². The molecule has 0 radical (unpaired) electrons. The summed E-state index contributed by atoms with van der Waals surface area (Å²) < 4.78 is 5.72. The van der Waals surface area contributed by atoms with E-state index in [1.165, 1.54) is 25.3 Å². The van der Waals surface area contributed by atoms with Gasteiger partial charge in [-0.2, -0.15) is 5.26 Å². The molecule has 0 spiro atoms. The van der Waals surface area contributed by atoms with E-state index in [2.05, 4.69) is 0 Å². The molecule has 3 rings (SSSR count). The minimum Gasteiger partial charge on any atom is -0.478 e. The summed E-state index contributed by atoms with van der Waals surface area (Å²) in [7, 11) is 1.32. The van der Waals surface area contributed by atoms with Crippen molar-refractivity contribution in [2.45, 2.75) is 6.92 Å². The third-order valence-electron chi connectivity index (χ3n) is 4.27. The lowest BCUT2D eigenvalue weighted by Crippen LogP contribution is -2.39. The zero-order valence-electron chi connectivity index (χ0n) is 14.5. The van der Waals surface area contributed by atoms with Crippen LogP contribution in [0, 0.1) is 11.3 Å². The number of amides is 2. The van der Waals surface area contributed by atoms with Gasteiger partial charge in [-0.25, -0.2) is 4.79 Å². The second-order valence-electron chi connectivity index (χ2n) is 5.92. The monoisotopic (exact) mass is 362 g/mol. The van der Waals surface area contributed by atoms with Crippen molar-refractivity contribution in [3.05, 3.63) is 64.4 Å². The summed E-state index contributed by atoms with van der Waals surface area (Å²) in [4.78, 5) is 36.2. The molecule has 0 atom stereocenters. The van der Waals surface area contributed by atoms with Gasteiger partial charge in [0.15, 0.2) is 0 Å². The van der Waals surface area contributed by atoms with Crippen LogP contribution in [0.3, 0.4) is 0 Å². The molecule has 0 unspecified atom stereocenters. The number of furan rings is 1. The van der Waals surface area contributed by atoms with Crippen LogP contribution < -0.4 is 0 Å². The molecule has 1 N–H and O–H groups in total. The third-order valence-corrected chi connectivity index (χ3v) is 4.27. The molecule has 0 fully saturated rings. The average Bonchev–Trinajstić information content (AvgIpc) is 3.13. The standard InChI is InChI=1S/C20H14N2O5/c1-11-15(18(23)22(2)19(24)16(11)10-21)9-14-7-8-17(27-14)12-3-5-13(6-4-12)20(25)26/h3-9H,1-2H3,(H,25,26)/b15-9+. The number of aromatic carboxylic acids is 1. The predicted molar refractivity (Wildman–Crippen MR) is 95.2 cm³/mol. The maximum atomic E-state index is 12.4. The number of carboxylic acids is 1. The highest BCUT2D eigenvalue weighted by Gasteiger charge is 2.33. The molecule has 0 aliphatic carbocycles. The first-order valence-electron chi connectivity index (χ1n) is 7.92. The van der Waals surface area contributed by atoms with Crippen LogP contribution in [0.2, 0.25) is 0 Å². The number of imide groups is 1. The zero-order valence-corrected chi connectivity index (χ0v) is 14.5. The molecule has 1 aliphatic heterocycles. The number of carbonyl (C=O) groups is 3. The average molecular weight is 362 g/mol. The van der Waals surface area contributed by atoms with Crippen LogP contribution in [-0.2, 0) is 9.59 Å². The Labute approximate surface area is 154 Å². The lowest BCUT2D eigenvalue weighted by atomic mass is 9.95. The van der Waals surface area contributed by atoms with E-state index in [1.807, 2.05) is 6.07 Å². The zero-order chi connectivity index (χ0) is 19.7. The van der Waals surface area contributed by atoms with Gasteiger partial charge < -0.3 is 9.52 Å². The summed E-state index contributed by atoms with van der Waals surface area (Å²) in [5.41, 5.74) is 1.26. The minimum atomic E-state index is -1.02.